The minimum Gasteiger partial charge on any atom is -0.444 e. The van der Waals surface area contributed by atoms with E-state index in [4.69, 9.17) is 4.74 Å². The predicted octanol–water partition coefficient (Wildman–Crippen LogP) is 3.53. The lowest BCUT2D eigenvalue weighted by molar-refractivity contribution is 0.0206. The van der Waals surface area contributed by atoms with Gasteiger partial charge in [0.25, 0.3) is 0 Å². The number of amides is 1. The molecule has 2 aromatic rings. The molecule has 1 amide bonds. The lowest BCUT2D eigenvalue weighted by atomic mass is 10.1. The summed E-state index contributed by atoms with van der Waals surface area (Å²) in [5.41, 5.74) is 0.448. The smallest absolute Gasteiger partial charge is 0.410 e. The SMILES string of the molecule is CC(C)Nc1nc(C#N)cc2cnc(NC3CCCN(C(=O)OC(C)(C)C)C3)nc12. The highest BCUT2D eigenvalue weighted by Crippen LogP contribution is 2.23. The molecule has 1 aliphatic heterocycles. The fraction of sp³-hybridized carbons (Fsp3) is 0.571. The zero-order chi connectivity index (χ0) is 21.9. The molecule has 0 spiro atoms. The summed E-state index contributed by atoms with van der Waals surface area (Å²) in [6.45, 7) is 10.8. The van der Waals surface area contributed by atoms with Crippen LogP contribution in [0.2, 0.25) is 0 Å². The van der Waals surface area contributed by atoms with Gasteiger partial charge in [-0.3, -0.25) is 0 Å². The Hall–Kier alpha value is -3.15. The molecule has 9 nitrogen and oxygen atoms in total. The zero-order valence-electron chi connectivity index (χ0n) is 18.2. The molecule has 0 aliphatic carbocycles. The lowest BCUT2D eigenvalue weighted by Gasteiger charge is -2.34. The van der Waals surface area contributed by atoms with Crippen LogP contribution in [0.25, 0.3) is 10.9 Å². The van der Waals surface area contributed by atoms with E-state index in [-0.39, 0.29) is 18.2 Å². The fourth-order valence-electron chi connectivity index (χ4n) is 3.31. The number of hydrogen-bond donors (Lipinski definition) is 2. The monoisotopic (exact) mass is 411 g/mol. The zero-order valence-corrected chi connectivity index (χ0v) is 18.2. The van der Waals surface area contributed by atoms with Crippen molar-refractivity contribution in [3.05, 3.63) is 18.0 Å². The second-order valence-corrected chi connectivity index (χ2v) is 8.81. The number of carbonyl (C=O) groups is 1. The van der Waals surface area contributed by atoms with Gasteiger partial charge in [-0.1, -0.05) is 0 Å². The highest BCUT2D eigenvalue weighted by atomic mass is 16.6. The maximum absolute atomic E-state index is 12.4. The normalized spacial score (nSPS) is 17.0. The first-order valence-corrected chi connectivity index (χ1v) is 10.2. The van der Waals surface area contributed by atoms with Crippen LogP contribution >= 0.6 is 0 Å². The van der Waals surface area contributed by atoms with Crippen molar-refractivity contribution in [3.8, 4) is 6.07 Å². The highest BCUT2D eigenvalue weighted by Gasteiger charge is 2.28. The van der Waals surface area contributed by atoms with Gasteiger partial charge < -0.3 is 20.3 Å². The van der Waals surface area contributed by atoms with E-state index in [0.29, 0.717) is 36.1 Å². The molecule has 0 radical (unpaired) electrons. The van der Waals surface area contributed by atoms with Crippen LogP contribution in [-0.2, 0) is 4.74 Å². The van der Waals surface area contributed by atoms with Gasteiger partial charge in [0.05, 0.1) is 0 Å². The molecule has 2 aromatic heterocycles. The fourth-order valence-corrected chi connectivity index (χ4v) is 3.31. The Morgan fingerprint density at radius 3 is 2.80 bits per heavy atom. The molecule has 1 saturated heterocycles. The largest absolute Gasteiger partial charge is 0.444 e. The number of ether oxygens (including phenoxy) is 1. The van der Waals surface area contributed by atoms with Gasteiger partial charge >= 0.3 is 6.09 Å². The van der Waals surface area contributed by atoms with Gasteiger partial charge in [0.15, 0.2) is 5.82 Å². The Morgan fingerprint density at radius 1 is 1.37 bits per heavy atom. The number of anilines is 2. The number of hydrogen-bond acceptors (Lipinski definition) is 8. The Morgan fingerprint density at radius 2 is 2.13 bits per heavy atom. The molecule has 3 rings (SSSR count). The van der Waals surface area contributed by atoms with Crippen LogP contribution in [0.15, 0.2) is 12.3 Å². The van der Waals surface area contributed by atoms with Crippen LogP contribution in [0.3, 0.4) is 0 Å². The molecule has 1 aliphatic rings. The molecule has 0 bridgehead atoms. The van der Waals surface area contributed by atoms with Crippen LogP contribution in [-0.4, -0.2) is 56.7 Å². The Bertz CT molecular complexity index is 962. The van der Waals surface area contributed by atoms with Gasteiger partial charge in [0.2, 0.25) is 5.95 Å². The van der Waals surface area contributed by atoms with Gasteiger partial charge in [0, 0.05) is 36.8 Å². The maximum Gasteiger partial charge on any atom is 0.410 e. The van der Waals surface area contributed by atoms with Crippen LogP contribution in [0.1, 0.15) is 53.2 Å². The summed E-state index contributed by atoms with van der Waals surface area (Å²) in [4.78, 5) is 27.5. The number of aromatic nitrogens is 3. The van der Waals surface area contributed by atoms with Gasteiger partial charge in [0.1, 0.15) is 22.9 Å². The highest BCUT2D eigenvalue weighted by molar-refractivity contribution is 5.89. The number of nitrogens with one attached hydrogen (secondary N) is 2. The van der Waals surface area contributed by atoms with Crippen molar-refractivity contribution in [2.75, 3.05) is 23.7 Å². The second kappa shape index (κ2) is 8.69. The number of piperidine rings is 1. The molecule has 1 fully saturated rings. The number of nitriles is 1. The topological polar surface area (TPSA) is 116 Å². The maximum atomic E-state index is 12.4. The van der Waals surface area contributed by atoms with E-state index in [0.717, 1.165) is 18.2 Å². The standard InChI is InChI=1S/C21H29N7O2/c1-13(2)24-18-17-14(9-16(10-22)25-18)11-23-19(27-17)26-15-7-6-8-28(12-15)20(29)30-21(3,4)5/h9,11,13,15H,6-8,12H2,1-5H3,(H,24,25)(H,23,26,27). The van der Waals surface area contributed by atoms with Crippen molar-refractivity contribution >= 4 is 28.8 Å². The van der Waals surface area contributed by atoms with E-state index in [1.807, 2.05) is 34.6 Å². The molecule has 0 saturated carbocycles. The predicted molar refractivity (Wildman–Crippen MR) is 115 cm³/mol. The van der Waals surface area contributed by atoms with Gasteiger partial charge in [-0.05, 0) is 53.5 Å². The minimum atomic E-state index is -0.520. The summed E-state index contributed by atoms with van der Waals surface area (Å²) in [6, 6.07) is 3.91. The van der Waals surface area contributed by atoms with E-state index in [1.54, 1.807) is 17.2 Å². The van der Waals surface area contributed by atoms with E-state index in [2.05, 4.69) is 31.7 Å². The third-order valence-electron chi connectivity index (χ3n) is 4.51. The summed E-state index contributed by atoms with van der Waals surface area (Å²) < 4.78 is 5.49. The number of likely N-dealkylation sites (tertiary alicyclic amines) is 1. The number of rotatable bonds is 4. The van der Waals surface area contributed by atoms with Crippen molar-refractivity contribution in [1.82, 2.24) is 19.9 Å². The van der Waals surface area contributed by atoms with Crippen molar-refractivity contribution in [2.24, 2.45) is 0 Å². The molecule has 2 N–H and O–H groups in total. The second-order valence-electron chi connectivity index (χ2n) is 8.81. The molecular weight excluding hydrogens is 382 g/mol. The quantitative estimate of drug-likeness (QED) is 0.785. The summed E-state index contributed by atoms with van der Waals surface area (Å²) >= 11 is 0. The molecule has 160 valence electrons. The molecule has 30 heavy (non-hydrogen) atoms. The molecule has 3 heterocycles. The number of nitrogens with zero attached hydrogens (tertiary/aromatic N) is 5. The van der Waals surface area contributed by atoms with Crippen molar-refractivity contribution < 1.29 is 9.53 Å². The minimum absolute atomic E-state index is 0.0246. The van der Waals surface area contributed by atoms with E-state index in [9.17, 15) is 10.1 Å². The van der Waals surface area contributed by atoms with Gasteiger partial charge in [-0.25, -0.2) is 19.7 Å². The number of fused-ring (bicyclic) bond motifs is 1. The first-order valence-electron chi connectivity index (χ1n) is 10.2. The molecule has 0 aromatic carbocycles. The summed E-state index contributed by atoms with van der Waals surface area (Å²) in [5, 5.41) is 16.6. The van der Waals surface area contributed by atoms with Crippen LogP contribution in [0.5, 0.6) is 0 Å². The summed E-state index contributed by atoms with van der Waals surface area (Å²) in [7, 11) is 0. The average Bonchev–Trinajstić information content (AvgIpc) is 2.66. The number of pyridine rings is 1. The third kappa shape index (κ3) is 5.47. The van der Waals surface area contributed by atoms with Crippen molar-refractivity contribution in [2.45, 2.75) is 65.1 Å². The first kappa shape index (κ1) is 21.6. The summed E-state index contributed by atoms with van der Waals surface area (Å²) in [6.07, 6.45) is 3.17. The Balaban J connectivity index is 1.78. The van der Waals surface area contributed by atoms with Crippen molar-refractivity contribution in [3.63, 3.8) is 0 Å². The Kier molecular flexibility index (Phi) is 6.25. The van der Waals surface area contributed by atoms with Gasteiger partial charge in [-0.2, -0.15) is 5.26 Å². The van der Waals surface area contributed by atoms with Gasteiger partial charge in [-0.15, -0.1) is 0 Å². The lowest BCUT2D eigenvalue weighted by Crippen LogP contribution is -2.47. The summed E-state index contributed by atoms with van der Waals surface area (Å²) in [5.74, 6) is 1.03. The van der Waals surface area contributed by atoms with Crippen molar-refractivity contribution in [1.29, 1.82) is 5.26 Å². The molecular formula is C21H29N7O2. The van der Waals surface area contributed by atoms with E-state index >= 15 is 0 Å². The number of carbonyl (C=O) groups excluding carboxylic acids is 1. The van der Waals surface area contributed by atoms with E-state index in [1.165, 1.54) is 0 Å². The Labute approximate surface area is 176 Å². The molecule has 1 unspecified atom stereocenters. The first-order chi connectivity index (χ1) is 14.1. The molecule has 1 atom stereocenters. The van der Waals surface area contributed by atoms with E-state index < -0.39 is 5.60 Å². The van der Waals surface area contributed by atoms with Crippen LogP contribution < -0.4 is 10.6 Å². The van der Waals surface area contributed by atoms with Crippen LogP contribution in [0.4, 0.5) is 16.6 Å². The molecule has 9 heteroatoms. The third-order valence-corrected chi connectivity index (χ3v) is 4.51. The average molecular weight is 412 g/mol. The van der Waals surface area contributed by atoms with Crippen LogP contribution in [0, 0.1) is 11.3 Å².